The highest BCUT2D eigenvalue weighted by molar-refractivity contribution is 5.79. The number of nitrogens with one attached hydrogen (secondary N) is 1. The lowest BCUT2D eigenvalue weighted by Crippen LogP contribution is -2.45. The molecule has 3 rings (SSSR count). The predicted octanol–water partition coefficient (Wildman–Crippen LogP) is 2.48. The van der Waals surface area contributed by atoms with E-state index in [0.29, 0.717) is 22.7 Å². The van der Waals surface area contributed by atoms with Gasteiger partial charge in [-0.2, -0.15) is 0 Å². The van der Waals surface area contributed by atoms with Crippen LogP contribution < -0.4 is 10.9 Å². The van der Waals surface area contributed by atoms with Gasteiger partial charge in [-0.05, 0) is 30.4 Å². The summed E-state index contributed by atoms with van der Waals surface area (Å²) in [5, 5.41) is 3.36. The molecule has 6 heteroatoms. The molecule has 24 heavy (non-hydrogen) atoms. The van der Waals surface area contributed by atoms with Gasteiger partial charge in [0.25, 0.3) is 5.56 Å². The molecule has 1 saturated carbocycles. The molecule has 5 nitrogen and oxygen atoms in total. The smallest absolute Gasteiger partial charge is 0.261 e. The molecule has 1 fully saturated rings. The van der Waals surface area contributed by atoms with Crippen molar-refractivity contribution in [2.24, 2.45) is 11.8 Å². The van der Waals surface area contributed by atoms with E-state index in [0.717, 1.165) is 12.8 Å². The number of hydrogen-bond acceptors (Lipinski definition) is 3. The molecule has 0 radical (unpaired) electrons. The Morgan fingerprint density at radius 1 is 1.38 bits per heavy atom. The number of amides is 1. The molecule has 0 spiro atoms. The summed E-state index contributed by atoms with van der Waals surface area (Å²) >= 11 is 0. The fourth-order valence-electron chi connectivity index (χ4n) is 3.44. The zero-order chi connectivity index (χ0) is 17.3. The van der Waals surface area contributed by atoms with E-state index in [4.69, 9.17) is 0 Å². The minimum Gasteiger partial charge on any atom is -0.352 e. The Morgan fingerprint density at radius 3 is 2.96 bits per heavy atom. The number of carbonyl (C=O) groups excluding carboxylic acids is 1. The topological polar surface area (TPSA) is 64.0 Å². The van der Waals surface area contributed by atoms with E-state index < -0.39 is 5.82 Å². The Kier molecular flexibility index (Phi) is 4.64. The van der Waals surface area contributed by atoms with Crippen molar-refractivity contribution in [1.29, 1.82) is 0 Å². The Morgan fingerprint density at radius 2 is 2.17 bits per heavy atom. The standard InChI is InChI=1S/C18H22FN3O2/c1-11-4-3-5-15(12(11)2)21-17(23)9-22-10-20-16-8-13(19)6-7-14(16)18(22)24/h6-8,10-12,15H,3-5,9H2,1-2H3,(H,21,23). The molecule has 128 valence electrons. The van der Waals surface area contributed by atoms with Gasteiger partial charge in [-0.1, -0.05) is 26.7 Å². The van der Waals surface area contributed by atoms with E-state index >= 15 is 0 Å². The van der Waals surface area contributed by atoms with Crippen LogP contribution >= 0.6 is 0 Å². The third kappa shape index (κ3) is 3.32. The monoisotopic (exact) mass is 331 g/mol. The van der Waals surface area contributed by atoms with Gasteiger partial charge in [0.05, 0.1) is 17.2 Å². The first kappa shape index (κ1) is 16.6. The van der Waals surface area contributed by atoms with Crippen LogP contribution in [0.2, 0.25) is 0 Å². The number of aromatic nitrogens is 2. The van der Waals surface area contributed by atoms with E-state index in [9.17, 15) is 14.0 Å². The quantitative estimate of drug-likeness (QED) is 0.940. The summed E-state index contributed by atoms with van der Waals surface area (Å²) in [4.78, 5) is 28.8. The van der Waals surface area contributed by atoms with Crippen molar-refractivity contribution >= 4 is 16.8 Å². The van der Waals surface area contributed by atoms with E-state index in [1.807, 2.05) is 0 Å². The van der Waals surface area contributed by atoms with Gasteiger partial charge < -0.3 is 5.32 Å². The zero-order valence-corrected chi connectivity index (χ0v) is 14.0. The number of hydrogen-bond donors (Lipinski definition) is 1. The first-order chi connectivity index (χ1) is 11.5. The first-order valence-electron chi connectivity index (χ1n) is 8.40. The summed E-state index contributed by atoms with van der Waals surface area (Å²) < 4.78 is 14.5. The number of halogens is 1. The summed E-state index contributed by atoms with van der Waals surface area (Å²) in [6.45, 7) is 4.30. The van der Waals surface area contributed by atoms with Crippen molar-refractivity contribution in [3.05, 3.63) is 40.7 Å². The van der Waals surface area contributed by atoms with Crippen LogP contribution in [0.3, 0.4) is 0 Å². The van der Waals surface area contributed by atoms with Crippen LogP contribution in [0.5, 0.6) is 0 Å². The average molecular weight is 331 g/mol. The van der Waals surface area contributed by atoms with Crippen LogP contribution in [0.4, 0.5) is 4.39 Å². The third-order valence-corrected chi connectivity index (χ3v) is 5.15. The highest BCUT2D eigenvalue weighted by Gasteiger charge is 2.28. The van der Waals surface area contributed by atoms with E-state index in [-0.39, 0.29) is 24.1 Å². The first-order valence-corrected chi connectivity index (χ1v) is 8.40. The van der Waals surface area contributed by atoms with Crippen LogP contribution in [0, 0.1) is 17.7 Å². The molecule has 1 amide bonds. The second-order valence-corrected chi connectivity index (χ2v) is 6.78. The Balaban J connectivity index is 1.75. The molecular formula is C18H22FN3O2. The summed E-state index contributed by atoms with van der Waals surface area (Å²) in [6, 6.07) is 3.99. The van der Waals surface area contributed by atoms with Gasteiger partial charge in [-0.25, -0.2) is 9.37 Å². The molecule has 1 aromatic heterocycles. The van der Waals surface area contributed by atoms with Gasteiger partial charge in [0.15, 0.2) is 0 Å². The largest absolute Gasteiger partial charge is 0.352 e. The van der Waals surface area contributed by atoms with E-state index in [2.05, 4.69) is 24.1 Å². The minimum atomic E-state index is -0.440. The predicted molar refractivity (Wildman–Crippen MR) is 90.1 cm³/mol. The van der Waals surface area contributed by atoms with Gasteiger partial charge in [0.2, 0.25) is 5.91 Å². The van der Waals surface area contributed by atoms with Crippen LogP contribution in [-0.4, -0.2) is 21.5 Å². The highest BCUT2D eigenvalue weighted by Crippen LogP contribution is 2.29. The Labute approximate surface area is 139 Å². The SMILES string of the molecule is CC1CCCC(NC(=O)Cn2cnc3cc(F)ccc3c2=O)C1C. The van der Waals surface area contributed by atoms with Crippen LogP contribution in [0.25, 0.3) is 10.9 Å². The van der Waals surface area contributed by atoms with E-state index in [1.165, 1.54) is 35.5 Å². The summed E-state index contributed by atoms with van der Waals surface area (Å²) in [7, 11) is 0. The maximum absolute atomic E-state index is 13.2. The number of fused-ring (bicyclic) bond motifs is 1. The molecule has 1 heterocycles. The van der Waals surface area contributed by atoms with Crippen molar-refractivity contribution in [2.45, 2.75) is 45.7 Å². The van der Waals surface area contributed by atoms with Crippen molar-refractivity contribution in [1.82, 2.24) is 14.9 Å². The fraction of sp³-hybridized carbons (Fsp3) is 0.500. The highest BCUT2D eigenvalue weighted by atomic mass is 19.1. The molecule has 0 aliphatic heterocycles. The maximum Gasteiger partial charge on any atom is 0.261 e. The molecule has 1 aliphatic carbocycles. The van der Waals surface area contributed by atoms with Gasteiger partial charge in [-0.3, -0.25) is 14.2 Å². The summed E-state index contributed by atoms with van der Waals surface area (Å²) in [6.07, 6.45) is 4.58. The third-order valence-electron chi connectivity index (χ3n) is 5.15. The van der Waals surface area contributed by atoms with Crippen LogP contribution in [-0.2, 0) is 11.3 Å². The lowest BCUT2D eigenvalue weighted by Gasteiger charge is -2.34. The number of rotatable bonds is 3. The molecule has 0 bridgehead atoms. The lowest BCUT2D eigenvalue weighted by molar-refractivity contribution is -0.123. The molecule has 2 aromatic rings. The van der Waals surface area contributed by atoms with Gasteiger partial charge in [0.1, 0.15) is 12.4 Å². The second-order valence-electron chi connectivity index (χ2n) is 6.78. The molecular weight excluding hydrogens is 309 g/mol. The minimum absolute atomic E-state index is 0.0727. The maximum atomic E-state index is 13.2. The van der Waals surface area contributed by atoms with Crippen molar-refractivity contribution in [3.63, 3.8) is 0 Å². The molecule has 3 atom stereocenters. The molecule has 0 saturated heterocycles. The fourth-order valence-corrected chi connectivity index (χ4v) is 3.44. The van der Waals surface area contributed by atoms with Crippen LogP contribution in [0.1, 0.15) is 33.1 Å². The Hall–Kier alpha value is -2.24. The summed E-state index contributed by atoms with van der Waals surface area (Å²) in [5.74, 6) is 0.387. The summed E-state index contributed by atoms with van der Waals surface area (Å²) in [5.41, 5.74) is -0.0356. The molecule has 3 unspecified atom stereocenters. The van der Waals surface area contributed by atoms with E-state index in [1.54, 1.807) is 0 Å². The average Bonchev–Trinajstić information content (AvgIpc) is 2.54. The Bertz CT molecular complexity index is 818. The van der Waals surface area contributed by atoms with Crippen molar-refractivity contribution in [3.8, 4) is 0 Å². The molecule has 1 N–H and O–H groups in total. The van der Waals surface area contributed by atoms with Gasteiger partial charge in [-0.15, -0.1) is 0 Å². The number of nitrogens with zero attached hydrogens (tertiary/aromatic N) is 2. The van der Waals surface area contributed by atoms with Crippen LogP contribution in [0.15, 0.2) is 29.3 Å². The lowest BCUT2D eigenvalue weighted by atomic mass is 9.78. The molecule has 1 aromatic carbocycles. The number of carbonyl (C=O) groups is 1. The van der Waals surface area contributed by atoms with Gasteiger partial charge >= 0.3 is 0 Å². The normalized spacial score (nSPS) is 24.0. The van der Waals surface area contributed by atoms with Crippen molar-refractivity contribution < 1.29 is 9.18 Å². The van der Waals surface area contributed by atoms with Gasteiger partial charge in [0, 0.05) is 12.1 Å². The number of benzene rings is 1. The zero-order valence-electron chi connectivity index (χ0n) is 14.0. The second kappa shape index (κ2) is 6.71. The molecule has 1 aliphatic rings. The van der Waals surface area contributed by atoms with Crippen molar-refractivity contribution in [2.75, 3.05) is 0 Å².